The van der Waals surface area contributed by atoms with Crippen LogP contribution in [0.5, 0.6) is 0 Å². The van der Waals surface area contributed by atoms with Gasteiger partial charge in [-0.05, 0) is 25.4 Å². The third kappa shape index (κ3) is 1.64. The van der Waals surface area contributed by atoms with Crippen molar-refractivity contribution in [2.45, 2.75) is 19.4 Å². The summed E-state index contributed by atoms with van der Waals surface area (Å²) in [5, 5.41) is 7.46. The summed E-state index contributed by atoms with van der Waals surface area (Å²) in [6, 6.07) is 0. The van der Waals surface area contributed by atoms with Gasteiger partial charge in [0.2, 0.25) is 0 Å². The third-order valence-electron chi connectivity index (χ3n) is 1.57. The minimum atomic E-state index is -0.597. The molecule has 2 aromatic heterocycles. The molecule has 0 saturated heterocycles. The Kier molecular flexibility index (Phi) is 2.05. The Morgan fingerprint density at radius 3 is 2.79 bits per heavy atom. The molecule has 0 amide bonds. The van der Waals surface area contributed by atoms with E-state index in [1.165, 1.54) is 11.5 Å². The van der Waals surface area contributed by atoms with E-state index in [0.29, 0.717) is 11.7 Å². The summed E-state index contributed by atoms with van der Waals surface area (Å²) in [5.41, 5.74) is 5.21. The van der Waals surface area contributed by atoms with Gasteiger partial charge in [-0.15, -0.1) is 5.10 Å². The molecule has 0 aliphatic heterocycles. The zero-order valence-electron chi connectivity index (χ0n) is 7.76. The van der Waals surface area contributed by atoms with E-state index in [9.17, 15) is 0 Å². The maximum atomic E-state index is 5.81. The summed E-state index contributed by atoms with van der Waals surface area (Å²) in [6.45, 7) is 3.62. The Labute approximate surface area is 84.3 Å². The quantitative estimate of drug-likeness (QED) is 0.789. The second-order valence-electron chi connectivity index (χ2n) is 3.43. The van der Waals surface area contributed by atoms with Crippen molar-refractivity contribution in [2.75, 3.05) is 0 Å². The Morgan fingerprint density at radius 2 is 2.29 bits per heavy atom. The maximum Gasteiger partial charge on any atom is 0.271 e. The van der Waals surface area contributed by atoms with Crippen molar-refractivity contribution in [3.8, 4) is 10.8 Å². The van der Waals surface area contributed by atoms with Crippen molar-refractivity contribution in [1.82, 2.24) is 19.7 Å². The third-order valence-corrected chi connectivity index (χ3v) is 2.23. The molecule has 7 heteroatoms. The van der Waals surface area contributed by atoms with Crippen LogP contribution in [0.1, 0.15) is 19.7 Å². The van der Waals surface area contributed by atoms with Crippen LogP contribution in [0.25, 0.3) is 10.8 Å². The molecule has 2 N–H and O–H groups in total. The Morgan fingerprint density at radius 1 is 1.50 bits per heavy atom. The van der Waals surface area contributed by atoms with E-state index in [1.807, 2.05) is 13.8 Å². The van der Waals surface area contributed by atoms with Gasteiger partial charge in [0, 0.05) is 0 Å². The van der Waals surface area contributed by atoms with Gasteiger partial charge in [0.25, 0.3) is 5.89 Å². The van der Waals surface area contributed by atoms with Crippen molar-refractivity contribution in [3.63, 3.8) is 0 Å². The molecule has 0 aromatic carbocycles. The largest absolute Gasteiger partial charge is 0.333 e. The van der Waals surface area contributed by atoms with E-state index in [0.717, 1.165) is 4.88 Å². The second-order valence-corrected chi connectivity index (χ2v) is 4.21. The number of nitrogens with two attached hydrogens (primary N) is 1. The highest BCUT2D eigenvalue weighted by Crippen LogP contribution is 2.22. The number of nitrogens with zero attached hydrogens (tertiary/aromatic N) is 4. The van der Waals surface area contributed by atoms with Crippen molar-refractivity contribution in [1.29, 1.82) is 0 Å². The summed E-state index contributed by atoms with van der Waals surface area (Å²) in [4.78, 5) is 4.90. The smallest absolute Gasteiger partial charge is 0.271 e. The molecule has 2 heterocycles. The molecule has 2 aromatic rings. The normalized spacial score (nSPS) is 11.9. The van der Waals surface area contributed by atoms with E-state index in [-0.39, 0.29) is 0 Å². The molecule has 14 heavy (non-hydrogen) atoms. The summed E-state index contributed by atoms with van der Waals surface area (Å²) < 4.78 is 8.73. The van der Waals surface area contributed by atoms with Crippen molar-refractivity contribution in [3.05, 3.63) is 12.0 Å². The van der Waals surface area contributed by atoms with Gasteiger partial charge >= 0.3 is 0 Å². The SMILES string of the molecule is CC(C)(N)c1noc(-c2cnns2)n1. The predicted octanol–water partition coefficient (Wildman–Crippen LogP) is 0.782. The van der Waals surface area contributed by atoms with E-state index in [2.05, 4.69) is 19.7 Å². The highest BCUT2D eigenvalue weighted by Gasteiger charge is 2.22. The van der Waals surface area contributed by atoms with Crippen LogP contribution in [0.2, 0.25) is 0 Å². The highest BCUT2D eigenvalue weighted by atomic mass is 32.1. The topological polar surface area (TPSA) is 90.7 Å². The first-order valence-electron chi connectivity index (χ1n) is 3.98. The first kappa shape index (κ1) is 9.22. The van der Waals surface area contributed by atoms with Crippen LogP contribution < -0.4 is 5.73 Å². The average Bonchev–Trinajstić information content (AvgIpc) is 2.73. The lowest BCUT2D eigenvalue weighted by atomic mass is 10.1. The summed E-state index contributed by atoms with van der Waals surface area (Å²) in [6.07, 6.45) is 1.57. The van der Waals surface area contributed by atoms with E-state index < -0.39 is 5.54 Å². The van der Waals surface area contributed by atoms with Crippen LogP contribution >= 0.6 is 11.5 Å². The van der Waals surface area contributed by atoms with Crippen molar-refractivity contribution >= 4 is 11.5 Å². The monoisotopic (exact) mass is 211 g/mol. The molecule has 0 radical (unpaired) electrons. The number of hydrogen-bond donors (Lipinski definition) is 1. The van der Waals surface area contributed by atoms with Crippen LogP contribution in [-0.2, 0) is 5.54 Å². The first-order chi connectivity index (χ1) is 6.57. The summed E-state index contributed by atoms with van der Waals surface area (Å²) >= 11 is 1.20. The fraction of sp³-hybridized carbons (Fsp3) is 0.429. The molecular formula is C7H9N5OS. The van der Waals surface area contributed by atoms with Gasteiger partial charge in [0.15, 0.2) is 5.82 Å². The predicted molar refractivity (Wildman–Crippen MR) is 50.4 cm³/mol. The highest BCUT2D eigenvalue weighted by molar-refractivity contribution is 7.09. The van der Waals surface area contributed by atoms with Crippen LogP contribution in [0.4, 0.5) is 0 Å². The molecule has 0 saturated carbocycles. The molecule has 0 fully saturated rings. The van der Waals surface area contributed by atoms with E-state index in [1.54, 1.807) is 6.20 Å². The lowest BCUT2D eigenvalue weighted by Gasteiger charge is -2.11. The molecule has 0 atom stereocenters. The van der Waals surface area contributed by atoms with Crippen LogP contribution in [0, 0.1) is 0 Å². The number of rotatable bonds is 2. The summed E-state index contributed by atoms with van der Waals surface area (Å²) in [5.74, 6) is 0.884. The van der Waals surface area contributed by atoms with Gasteiger partial charge in [-0.1, -0.05) is 9.64 Å². The Hall–Kier alpha value is -1.34. The molecule has 74 valence electrons. The molecule has 0 aliphatic rings. The van der Waals surface area contributed by atoms with Crippen LogP contribution in [-0.4, -0.2) is 19.7 Å². The van der Waals surface area contributed by atoms with Crippen LogP contribution in [0.3, 0.4) is 0 Å². The van der Waals surface area contributed by atoms with Gasteiger partial charge in [0.05, 0.1) is 11.7 Å². The maximum absolute atomic E-state index is 5.81. The van der Waals surface area contributed by atoms with E-state index >= 15 is 0 Å². The summed E-state index contributed by atoms with van der Waals surface area (Å²) in [7, 11) is 0. The lowest BCUT2D eigenvalue weighted by molar-refractivity contribution is 0.397. The minimum Gasteiger partial charge on any atom is -0.333 e. The van der Waals surface area contributed by atoms with Crippen molar-refractivity contribution < 1.29 is 4.52 Å². The van der Waals surface area contributed by atoms with Gasteiger partial charge in [-0.2, -0.15) is 4.98 Å². The van der Waals surface area contributed by atoms with Gasteiger partial charge in [-0.25, -0.2) is 0 Å². The molecule has 0 spiro atoms. The molecular weight excluding hydrogens is 202 g/mol. The first-order valence-corrected chi connectivity index (χ1v) is 4.75. The van der Waals surface area contributed by atoms with Gasteiger partial charge < -0.3 is 10.3 Å². The minimum absolute atomic E-state index is 0.411. The Bertz CT molecular complexity index is 415. The fourth-order valence-corrected chi connectivity index (χ4v) is 1.28. The Balaban J connectivity index is 2.36. The molecule has 0 aliphatic carbocycles. The fourth-order valence-electron chi connectivity index (χ4n) is 0.847. The van der Waals surface area contributed by atoms with E-state index in [4.69, 9.17) is 10.3 Å². The standard InChI is InChI=1S/C7H9N5OS/c1-7(2,8)6-10-5(13-11-6)4-3-9-12-14-4/h3H,8H2,1-2H3. The molecule has 0 unspecified atom stereocenters. The molecule has 0 bridgehead atoms. The van der Waals surface area contributed by atoms with Crippen molar-refractivity contribution in [2.24, 2.45) is 5.73 Å². The zero-order chi connectivity index (χ0) is 10.2. The molecule has 6 nitrogen and oxygen atoms in total. The lowest BCUT2D eigenvalue weighted by Crippen LogP contribution is -2.30. The second kappa shape index (κ2) is 3.10. The van der Waals surface area contributed by atoms with Gasteiger partial charge in [0.1, 0.15) is 4.88 Å². The molecule has 2 rings (SSSR count). The zero-order valence-corrected chi connectivity index (χ0v) is 8.58. The number of hydrogen-bond acceptors (Lipinski definition) is 7. The number of aromatic nitrogens is 4. The van der Waals surface area contributed by atoms with Crippen LogP contribution in [0.15, 0.2) is 10.7 Å². The van der Waals surface area contributed by atoms with Gasteiger partial charge in [-0.3, -0.25) is 0 Å². The average molecular weight is 211 g/mol.